The summed E-state index contributed by atoms with van der Waals surface area (Å²) in [6.45, 7) is 4.50. The molecule has 2 rings (SSSR count). The average Bonchev–Trinajstić information content (AvgIpc) is 2.45. The molecule has 1 aromatic heterocycles. The van der Waals surface area contributed by atoms with Crippen molar-refractivity contribution in [2.24, 2.45) is 0 Å². The van der Waals surface area contributed by atoms with Crippen LogP contribution in [0.25, 0.3) is 0 Å². The van der Waals surface area contributed by atoms with Crippen LogP contribution in [0.3, 0.4) is 0 Å². The summed E-state index contributed by atoms with van der Waals surface area (Å²) in [4.78, 5) is 18.5. The predicted octanol–water partition coefficient (Wildman–Crippen LogP) is 3.68. The molecule has 0 bridgehead atoms. The molecule has 2 aromatic rings. The largest absolute Gasteiger partial charge is 0.437 e. The molecule has 0 spiro atoms. The number of nitro groups is 1. The van der Waals surface area contributed by atoms with Gasteiger partial charge in [-0.1, -0.05) is 0 Å². The fourth-order valence-electron chi connectivity index (χ4n) is 1.67. The molecule has 1 N–H and O–H groups in total. The lowest BCUT2D eigenvalue weighted by Crippen LogP contribution is -2.04. The van der Waals surface area contributed by atoms with E-state index in [-0.39, 0.29) is 5.69 Å². The first kappa shape index (κ1) is 15.2. The molecule has 110 valence electrons. The number of nitrogens with zero attached hydrogens (tertiary/aromatic N) is 3. The summed E-state index contributed by atoms with van der Waals surface area (Å²) < 4.78 is 6.28. The minimum absolute atomic E-state index is 0.0492. The maximum absolute atomic E-state index is 10.8. The molecule has 0 saturated carbocycles. The second-order valence-electron chi connectivity index (χ2n) is 4.16. The number of non-ortho nitro benzene ring substituents is 1. The fraction of sp³-hybridized carbons (Fsp3) is 0.231. The molecule has 0 aliphatic rings. The van der Waals surface area contributed by atoms with Crippen LogP contribution < -0.4 is 10.1 Å². The van der Waals surface area contributed by atoms with Crippen molar-refractivity contribution in [1.82, 2.24) is 9.97 Å². The van der Waals surface area contributed by atoms with Crippen LogP contribution in [0.2, 0.25) is 0 Å². The summed E-state index contributed by atoms with van der Waals surface area (Å²) in [5, 5.41) is 13.9. The van der Waals surface area contributed by atoms with Crippen LogP contribution in [0.1, 0.15) is 12.5 Å². The van der Waals surface area contributed by atoms with Crippen molar-refractivity contribution < 1.29 is 9.66 Å². The third-order valence-corrected chi connectivity index (χ3v) is 3.37. The molecular weight excluding hydrogens is 340 g/mol. The molecule has 0 fully saturated rings. The van der Waals surface area contributed by atoms with E-state index < -0.39 is 4.92 Å². The van der Waals surface area contributed by atoms with Crippen molar-refractivity contribution >= 4 is 27.4 Å². The number of hydrogen-bond donors (Lipinski definition) is 1. The zero-order chi connectivity index (χ0) is 15.4. The van der Waals surface area contributed by atoms with E-state index in [1.807, 2.05) is 13.8 Å². The summed E-state index contributed by atoms with van der Waals surface area (Å²) in [6.07, 6.45) is 1.38. The minimum Gasteiger partial charge on any atom is -0.437 e. The SMILES string of the molecule is CCNc1ncnc(Oc2cc([N+](=O)[O-])ccc2Br)c1C. The molecule has 7 nitrogen and oxygen atoms in total. The van der Waals surface area contributed by atoms with Gasteiger partial charge in [-0.3, -0.25) is 10.1 Å². The van der Waals surface area contributed by atoms with Gasteiger partial charge < -0.3 is 10.1 Å². The second kappa shape index (κ2) is 6.49. The Hall–Kier alpha value is -2.22. The van der Waals surface area contributed by atoms with Gasteiger partial charge in [0.2, 0.25) is 5.88 Å². The monoisotopic (exact) mass is 352 g/mol. The molecule has 1 aromatic carbocycles. The molecule has 0 unspecified atom stereocenters. The second-order valence-corrected chi connectivity index (χ2v) is 5.01. The summed E-state index contributed by atoms with van der Waals surface area (Å²) in [7, 11) is 0. The highest BCUT2D eigenvalue weighted by Gasteiger charge is 2.14. The van der Waals surface area contributed by atoms with Crippen LogP contribution in [0.4, 0.5) is 11.5 Å². The number of aromatic nitrogens is 2. The quantitative estimate of drug-likeness (QED) is 0.651. The first-order valence-corrected chi connectivity index (χ1v) is 6.99. The van der Waals surface area contributed by atoms with E-state index in [0.29, 0.717) is 21.9 Å². The number of ether oxygens (including phenoxy) is 1. The van der Waals surface area contributed by atoms with Crippen LogP contribution in [0.5, 0.6) is 11.6 Å². The molecule has 0 saturated heterocycles. The Balaban J connectivity index is 2.36. The van der Waals surface area contributed by atoms with Gasteiger partial charge >= 0.3 is 0 Å². The van der Waals surface area contributed by atoms with Gasteiger partial charge in [0.05, 0.1) is 21.0 Å². The van der Waals surface area contributed by atoms with Crippen molar-refractivity contribution in [1.29, 1.82) is 0 Å². The number of halogens is 1. The van der Waals surface area contributed by atoms with E-state index in [1.165, 1.54) is 18.5 Å². The highest BCUT2D eigenvalue weighted by Crippen LogP contribution is 2.34. The molecule has 0 atom stereocenters. The van der Waals surface area contributed by atoms with Crippen LogP contribution in [-0.2, 0) is 0 Å². The third kappa shape index (κ3) is 3.46. The van der Waals surface area contributed by atoms with Crippen molar-refractivity contribution in [2.75, 3.05) is 11.9 Å². The smallest absolute Gasteiger partial charge is 0.273 e. The van der Waals surface area contributed by atoms with Crippen LogP contribution in [0.15, 0.2) is 29.0 Å². The summed E-state index contributed by atoms with van der Waals surface area (Å²) >= 11 is 3.30. The normalized spacial score (nSPS) is 10.2. The molecule has 8 heteroatoms. The molecule has 0 radical (unpaired) electrons. The number of anilines is 1. The highest BCUT2D eigenvalue weighted by atomic mass is 79.9. The first-order valence-electron chi connectivity index (χ1n) is 6.20. The predicted molar refractivity (Wildman–Crippen MR) is 81.8 cm³/mol. The maximum atomic E-state index is 10.8. The lowest BCUT2D eigenvalue weighted by atomic mass is 10.3. The zero-order valence-corrected chi connectivity index (χ0v) is 13.0. The zero-order valence-electron chi connectivity index (χ0n) is 11.5. The maximum Gasteiger partial charge on any atom is 0.273 e. The Morgan fingerprint density at radius 2 is 2.19 bits per heavy atom. The number of hydrogen-bond acceptors (Lipinski definition) is 6. The van der Waals surface area contributed by atoms with Gasteiger partial charge in [-0.25, -0.2) is 9.97 Å². The molecule has 0 aliphatic heterocycles. The molecule has 0 aliphatic carbocycles. The molecular formula is C13H13BrN4O3. The molecule has 0 amide bonds. The Morgan fingerprint density at radius 3 is 2.86 bits per heavy atom. The fourth-order valence-corrected chi connectivity index (χ4v) is 2.00. The van der Waals surface area contributed by atoms with Crippen molar-refractivity contribution in [3.05, 3.63) is 44.7 Å². The van der Waals surface area contributed by atoms with Crippen LogP contribution >= 0.6 is 15.9 Å². The van der Waals surface area contributed by atoms with E-state index >= 15 is 0 Å². The Labute approximate surface area is 129 Å². The Morgan fingerprint density at radius 1 is 1.43 bits per heavy atom. The van der Waals surface area contributed by atoms with Crippen LogP contribution in [0, 0.1) is 17.0 Å². The Kier molecular flexibility index (Phi) is 4.69. The lowest BCUT2D eigenvalue weighted by Gasteiger charge is -2.11. The standard InChI is InChI=1S/C13H13BrN4O3/c1-3-15-12-8(2)13(17-7-16-12)21-11-6-9(18(19)20)4-5-10(11)14/h4-7H,3H2,1-2H3,(H,15,16,17). The number of nitro benzene ring substituents is 1. The highest BCUT2D eigenvalue weighted by molar-refractivity contribution is 9.10. The van der Waals surface area contributed by atoms with E-state index in [2.05, 4.69) is 31.2 Å². The number of benzene rings is 1. The van der Waals surface area contributed by atoms with Gasteiger partial charge in [-0.15, -0.1) is 0 Å². The molecule has 21 heavy (non-hydrogen) atoms. The van der Waals surface area contributed by atoms with Crippen molar-refractivity contribution in [3.8, 4) is 11.6 Å². The van der Waals surface area contributed by atoms with E-state index in [9.17, 15) is 10.1 Å². The third-order valence-electron chi connectivity index (χ3n) is 2.71. The summed E-state index contributed by atoms with van der Waals surface area (Å²) in [5.41, 5.74) is 0.685. The number of rotatable bonds is 5. The van der Waals surface area contributed by atoms with Gasteiger partial charge in [0.25, 0.3) is 5.69 Å². The summed E-state index contributed by atoms with van der Waals surface area (Å²) in [6, 6.07) is 4.31. The van der Waals surface area contributed by atoms with Gasteiger partial charge in [-0.2, -0.15) is 0 Å². The minimum atomic E-state index is -0.476. The topological polar surface area (TPSA) is 90.2 Å². The van der Waals surface area contributed by atoms with Crippen molar-refractivity contribution in [2.45, 2.75) is 13.8 Å². The number of nitrogens with one attached hydrogen (secondary N) is 1. The van der Waals surface area contributed by atoms with E-state index in [4.69, 9.17) is 4.74 Å². The first-order chi connectivity index (χ1) is 10.0. The summed E-state index contributed by atoms with van der Waals surface area (Å²) in [5.74, 6) is 1.35. The van der Waals surface area contributed by atoms with Gasteiger partial charge in [0, 0.05) is 12.6 Å². The lowest BCUT2D eigenvalue weighted by molar-refractivity contribution is -0.384. The Bertz CT molecular complexity index is 678. The van der Waals surface area contributed by atoms with E-state index in [1.54, 1.807) is 6.07 Å². The molecule has 1 heterocycles. The van der Waals surface area contributed by atoms with Gasteiger partial charge in [0.1, 0.15) is 12.1 Å². The van der Waals surface area contributed by atoms with Crippen molar-refractivity contribution in [3.63, 3.8) is 0 Å². The van der Waals surface area contributed by atoms with Gasteiger partial charge in [0.15, 0.2) is 5.75 Å². The van der Waals surface area contributed by atoms with Gasteiger partial charge in [-0.05, 0) is 35.8 Å². The van der Waals surface area contributed by atoms with E-state index in [0.717, 1.165) is 12.1 Å². The average molecular weight is 353 g/mol. The van der Waals surface area contributed by atoms with Crippen LogP contribution in [-0.4, -0.2) is 21.4 Å².